The molecule has 2 aromatic carbocycles. The maximum Gasteiger partial charge on any atom is 0.338 e. The van der Waals surface area contributed by atoms with E-state index >= 15 is 0 Å². The average molecular weight is 321 g/mol. The molecule has 3 N–H and O–H groups in total. The van der Waals surface area contributed by atoms with E-state index in [0.717, 1.165) is 16.5 Å². The summed E-state index contributed by atoms with van der Waals surface area (Å²) in [7, 11) is 0. The van der Waals surface area contributed by atoms with Gasteiger partial charge >= 0.3 is 12.0 Å². The van der Waals surface area contributed by atoms with Gasteiger partial charge in [0.1, 0.15) is 6.61 Å². The summed E-state index contributed by atoms with van der Waals surface area (Å²) < 4.78 is 5.35. The Labute approximate surface area is 138 Å². The van der Waals surface area contributed by atoms with Crippen LogP contribution in [0.25, 0.3) is 10.9 Å². The number of hydrogen-bond donors (Lipinski definition) is 2. The summed E-state index contributed by atoms with van der Waals surface area (Å²) in [4.78, 5) is 27.2. The molecule has 0 fully saturated rings. The van der Waals surface area contributed by atoms with E-state index in [1.165, 1.54) is 0 Å². The Morgan fingerprint density at radius 1 is 1.04 bits per heavy atom. The highest BCUT2D eigenvalue weighted by atomic mass is 16.5. The standard InChI is InChI=1S/C18H15N3O3/c19-18(23)21-15-8-6-13(7-9-15)17(22)24-11-14-4-1-3-12-5-2-10-20-16(12)14/h1-10H,11H2,(H3,19,21,23). The van der Waals surface area contributed by atoms with Crippen molar-refractivity contribution in [2.24, 2.45) is 5.73 Å². The van der Waals surface area contributed by atoms with Gasteiger partial charge in [0.2, 0.25) is 0 Å². The van der Waals surface area contributed by atoms with Crippen molar-refractivity contribution in [3.8, 4) is 0 Å². The third-order valence-corrected chi connectivity index (χ3v) is 3.46. The molecule has 3 aromatic rings. The van der Waals surface area contributed by atoms with Crippen LogP contribution in [0.3, 0.4) is 0 Å². The largest absolute Gasteiger partial charge is 0.457 e. The maximum atomic E-state index is 12.1. The molecule has 0 bridgehead atoms. The number of pyridine rings is 1. The van der Waals surface area contributed by atoms with Gasteiger partial charge in [-0.15, -0.1) is 0 Å². The highest BCUT2D eigenvalue weighted by molar-refractivity contribution is 5.92. The Morgan fingerprint density at radius 3 is 2.54 bits per heavy atom. The number of anilines is 1. The summed E-state index contributed by atoms with van der Waals surface area (Å²) >= 11 is 0. The first-order valence-corrected chi connectivity index (χ1v) is 7.30. The molecule has 6 nitrogen and oxygen atoms in total. The number of hydrogen-bond acceptors (Lipinski definition) is 4. The summed E-state index contributed by atoms with van der Waals surface area (Å²) in [5.74, 6) is -0.450. The van der Waals surface area contributed by atoms with Crippen LogP contribution in [-0.2, 0) is 11.3 Å². The molecule has 1 aromatic heterocycles. The van der Waals surface area contributed by atoms with E-state index in [4.69, 9.17) is 10.5 Å². The number of benzene rings is 2. The van der Waals surface area contributed by atoms with Gasteiger partial charge in [-0.05, 0) is 30.3 Å². The van der Waals surface area contributed by atoms with Gasteiger partial charge in [0, 0.05) is 22.8 Å². The molecule has 6 heteroatoms. The minimum Gasteiger partial charge on any atom is -0.457 e. The summed E-state index contributed by atoms with van der Waals surface area (Å²) in [6.45, 7) is 0.133. The Hall–Kier alpha value is -3.41. The van der Waals surface area contributed by atoms with E-state index < -0.39 is 12.0 Å². The predicted octanol–water partition coefficient (Wildman–Crippen LogP) is 3.08. The normalized spacial score (nSPS) is 10.3. The molecular formula is C18H15N3O3. The molecule has 0 aliphatic rings. The lowest BCUT2D eigenvalue weighted by molar-refractivity contribution is 0.0474. The topological polar surface area (TPSA) is 94.3 Å². The zero-order chi connectivity index (χ0) is 16.9. The number of nitrogens with two attached hydrogens (primary N) is 1. The maximum absolute atomic E-state index is 12.1. The van der Waals surface area contributed by atoms with Gasteiger partial charge < -0.3 is 15.8 Å². The molecule has 0 saturated carbocycles. The van der Waals surface area contributed by atoms with Gasteiger partial charge in [0.25, 0.3) is 0 Å². The second-order valence-electron chi connectivity index (χ2n) is 5.13. The summed E-state index contributed by atoms with van der Waals surface area (Å²) in [6, 6.07) is 15.2. The molecule has 0 spiro atoms. The molecule has 24 heavy (non-hydrogen) atoms. The van der Waals surface area contributed by atoms with Crippen LogP contribution in [-0.4, -0.2) is 17.0 Å². The first kappa shape index (κ1) is 15.5. The highest BCUT2D eigenvalue weighted by Gasteiger charge is 2.09. The van der Waals surface area contributed by atoms with Crippen molar-refractivity contribution in [1.29, 1.82) is 0 Å². The number of para-hydroxylation sites is 1. The number of nitrogens with zero attached hydrogens (tertiary/aromatic N) is 1. The molecule has 0 unspecified atom stereocenters. The van der Waals surface area contributed by atoms with Crippen molar-refractivity contribution in [2.75, 3.05) is 5.32 Å². The third kappa shape index (κ3) is 3.49. The second-order valence-corrected chi connectivity index (χ2v) is 5.13. The van der Waals surface area contributed by atoms with Crippen molar-refractivity contribution >= 4 is 28.6 Å². The Morgan fingerprint density at radius 2 is 1.79 bits per heavy atom. The molecule has 0 saturated heterocycles. The number of amides is 2. The number of esters is 1. The lowest BCUT2D eigenvalue weighted by Gasteiger charge is -2.08. The third-order valence-electron chi connectivity index (χ3n) is 3.46. The number of primary amides is 1. The molecule has 0 aliphatic heterocycles. The number of fused-ring (bicyclic) bond motifs is 1. The van der Waals surface area contributed by atoms with Gasteiger partial charge in [0.15, 0.2) is 0 Å². The molecule has 1 heterocycles. The van der Waals surface area contributed by atoms with E-state index in [9.17, 15) is 9.59 Å². The minimum atomic E-state index is -0.659. The lowest BCUT2D eigenvalue weighted by atomic mass is 10.1. The van der Waals surface area contributed by atoms with Gasteiger partial charge in [-0.2, -0.15) is 0 Å². The first-order valence-electron chi connectivity index (χ1n) is 7.30. The molecular weight excluding hydrogens is 306 g/mol. The molecule has 120 valence electrons. The van der Waals surface area contributed by atoms with E-state index in [0.29, 0.717) is 11.3 Å². The Bertz CT molecular complexity index is 886. The Kier molecular flexibility index (Phi) is 4.38. The number of carbonyl (C=O) groups is 2. The number of aromatic nitrogens is 1. The zero-order valence-electron chi connectivity index (χ0n) is 12.7. The van der Waals surface area contributed by atoms with E-state index in [1.807, 2.05) is 30.3 Å². The van der Waals surface area contributed by atoms with Crippen molar-refractivity contribution in [3.63, 3.8) is 0 Å². The quantitative estimate of drug-likeness (QED) is 0.722. The predicted molar refractivity (Wildman–Crippen MR) is 90.5 cm³/mol. The van der Waals surface area contributed by atoms with Crippen LogP contribution in [0.2, 0.25) is 0 Å². The van der Waals surface area contributed by atoms with Crippen molar-refractivity contribution in [3.05, 3.63) is 71.9 Å². The minimum absolute atomic E-state index is 0.133. The van der Waals surface area contributed by atoms with Gasteiger partial charge in [-0.3, -0.25) is 4.98 Å². The van der Waals surface area contributed by atoms with Gasteiger partial charge in [-0.1, -0.05) is 24.3 Å². The molecule has 0 aliphatic carbocycles. The number of urea groups is 1. The number of nitrogens with one attached hydrogen (secondary N) is 1. The highest BCUT2D eigenvalue weighted by Crippen LogP contribution is 2.17. The fourth-order valence-electron chi connectivity index (χ4n) is 2.34. The second kappa shape index (κ2) is 6.78. The van der Waals surface area contributed by atoms with Crippen LogP contribution in [0.5, 0.6) is 0 Å². The molecule has 0 atom stereocenters. The number of ether oxygens (including phenoxy) is 1. The van der Waals surface area contributed by atoms with Crippen molar-refractivity contribution < 1.29 is 14.3 Å². The Balaban J connectivity index is 1.69. The SMILES string of the molecule is NC(=O)Nc1ccc(C(=O)OCc2cccc3cccnc23)cc1. The van der Waals surface area contributed by atoms with E-state index in [2.05, 4.69) is 10.3 Å². The summed E-state index contributed by atoms with van der Waals surface area (Å²) in [5, 5.41) is 3.42. The van der Waals surface area contributed by atoms with Gasteiger partial charge in [-0.25, -0.2) is 9.59 Å². The van der Waals surface area contributed by atoms with E-state index in [1.54, 1.807) is 30.5 Å². The molecule has 0 radical (unpaired) electrons. The van der Waals surface area contributed by atoms with E-state index in [-0.39, 0.29) is 6.61 Å². The summed E-state index contributed by atoms with van der Waals surface area (Å²) in [5.41, 5.74) is 7.59. The number of carbonyl (C=O) groups excluding carboxylic acids is 2. The fraction of sp³-hybridized carbons (Fsp3) is 0.0556. The fourth-order valence-corrected chi connectivity index (χ4v) is 2.34. The smallest absolute Gasteiger partial charge is 0.338 e. The molecule has 3 rings (SSSR count). The van der Waals surface area contributed by atoms with Crippen molar-refractivity contribution in [2.45, 2.75) is 6.61 Å². The van der Waals surface area contributed by atoms with Crippen LogP contribution in [0.15, 0.2) is 60.8 Å². The van der Waals surface area contributed by atoms with Crippen LogP contribution < -0.4 is 11.1 Å². The van der Waals surface area contributed by atoms with Crippen LogP contribution in [0.4, 0.5) is 10.5 Å². The summed E-state index contributed by atoms with van der Waals surface area (Å²) in [6.07, 6.45) is 1.71. The van der Waals surface area contributed by atoms with Crippen LogP contribution in [0.1, 0.15) is 15.9 Å². The van der Waals surface area contributed by atoms with Crippen molar-refractivity contribution in [1.82, 2.24) is 4.98 Å². The monoisotopic (exact) mass is 321 g/mol. The van der Waals surface area contributed by atoms with Gasteiger partial charge in [0.05, 0.1) is 11.1 Å². The number of rotatable bonds is 4. The zero-order valence-corrected chi connectivity index (χ0v) is 12.7. The first-order chi connectivity index (χ1) is 11.6. The lowest BCUT2D eigenvalue weighted by Crippen LogP contribution is -2.19. The average Bonchev–Trinajstić information content (AvgIpc) is 2.59. The van der Waals surface area contributed by atoms with Crippen LogP contribution in [0, 0.1) is 0 Å². The molecule has 2 amide bonds. The van der Waals surface area contributed by atoms with Crippen LogP contribution >= 0.6 is 0 Å².